The molecule has 2 heterocycles. The lowest BCUT2D eigenvalue weighted by atomic mass is 10.2. The van der Waals surface area contributed by atoms with Crippen LogP contribution in [0.5, 0.6) is 0 Å². The zero-order chi connectivity index (χ0) is 13.1. The van der Waals surface area contributed by atoms with E-state index >= 15 is 0 Å². The van der Waals surface area contributed by atoms with Crippen LogP contribution in [0.15, 0.2) is 4.47 Å². The Bertz CT molecular complexity index is 427. The van der Waals surface area contributed by atoms with Crippen molar-refractivity contribution in [3.05, 3.63) is 16.0 Å². The molecule has 2 rings (SSSR count). The van der Waals surface area contributed by atoms with Crippen molar-refractivity contribution in [3.8, 4) is 0 Å². The van der Waals surface area contributed by atoms with Gasteiger partial charge in [-0.05, 0) is 29.4 Å². The maximum Gasteiger partial charge on any atom is 0.161 e. The number of anilines is 1. The van der Waals surface area contributed by atoms with Crippen LogP contribution in [0, 0.1) is 0 Å². The minimum absolute atomic E-state index is 0.0743. The summed E-state index contributed by atoms with van der Waals surface area (Å²) in [5, 5.41) is 0. The topological polar surface area (TPSA) is 64.3 Å². The van der Waals surface area contributed by atoms with Gasteiger partial charge in [0.2, 0.25) is 0 Å². The molecule has 1 saturated heterocycles. The molecule has 1 unspecified atom stereocenters. The highest BCUT2D eigenvalue weighted by Crippen LogP contribution is 2.26. The Morgan fingerprint density at radius 2 is 2.28 bits per heavy atom. The molecule has 1 atom stereocenters. The maximum absolute atomic E-state index is 5.93. The van der Waals surface area contributed by atoms with Crippen molar-refractivity contribution in [2.45, 2.75) is 25.9 Å². The number of hydrogen-bond acceptors (Lipinski definition) is 5. The monoisotopic (exact) mass is 314 g/mol. The standard InChI is InChI=1S/C12H19BrN4O/c1-3-4-8-10(13)11(14)16-12(15-8)9-7-17(2)5-6-18-9/h9H,3-7H2,1-2H3,(H2,14,15,16). The van der Waals surface area contributed by atoms with Crippen molar-refractivity contribution in [1.29, 1.82) is 0 Å². The third-order valence-corrected chi connectivity index (χ3v) is 3.87. The number of morpholine rings is 1. The van der Waals surface area contributed by atoms with E-state index in [9.17, 15) is 0 Å². The lowest BCUT2D eigenvalue weighted by molar-refractivity contribution is -0.0255. The summed E-state index contributed by atoms with van der Waals surface area (Å²) < 4.78 is 6.54. The van der Waals surface area contributed by atoms with E-state index in [0.29, 0.717) is 18.2 Å². The fourth-order valence-electron chi connectivity index (χ4n) is 2.01. The normalized spacial score (nSPS) is 21.2. The SMILES string of the molecule is CCCc1nc(C2CN(C)CCO2)nc(N)c1Br. The van der Waals surface area contributed by atoms with E-state index in [1.165, 1.54) is 0 Å². The number of nitrogens with two attached hydrogens (primary N) is 1. The van der Waals surface area contributed by atoms with Crippen molar-refractivity contribution < 1.29 is 4.74 Å². The Kier molecular flexibility index (Phi) is 4.53. The summed E-state index contributed by atoms with van der Waals surface area (Å²) >= 11 is 3.45. The zero-order valence-electron chi connectivity index (χ0n) is 10.8. The van der Waals surface area contributed by atoms with Crippen LogP contribution in [-0.4, -0.2) is 41.6 Å². The van der Waals surface area contributed by atoms with Gasteiger partial charge in [0, 0.05) is 13.1 Å². The number of likely N-dealkylation sites (N-methyl/N-ethyl adjacent to an activating group) is 1. The van der Waals surface area contributed by atoms with E-state index in [4.69, 9.17) is 10.5 Å². The molecule has 0 aliphatic carbocycles. The van der Waals surface area contributed by atoms with Crippen LogP contribution >= 0.6 is 15.9 Å². The molecule has 5 nitrogen and oxygen atoms in total. The molecule has 1 aliphatic rings. The van der Waals surface area contributed by atoms with E-state index in [1.807, 2.05) is 0 Å². The van der Waals surface area contributed by atoms with Crippen molar-refractivity contribution in [3.63, 3.8) is 0 Å². The van der Waals surface area contributed by atoms with Gasteiger partial charge in [0.25, 0.3) is 0 Å². The summed E-state index contributed by atoms with van der Waals surface area (Å²) in [6, 6.07) is 0. The fraction of sp³-hybridized carbons (Fsp3) is 0.667. The molecule has 2 N–H and O–H groups in total. The average Bonchev–Trinajstić information content (AvgIpc) is 2.35. The van der Waals surface area contributed by atoms with E-state index in [2.05, 4.69) is 44.8 Å². The van der Waals surface area contributed by atoms with Gasteiger partial charge in [0.05, 0.1) is 16.8 Å². The van der Waals surface area contributed by atoms with Crippen LogP contribution in [0.4, 0.5) is 5.82 Å². The Morgan fingerprint density at radius 3 is 2.94 bits per heavy atom. The summed E-state index contributed by atoms with van der Waals surface area (Å²) in [6.45, 7) is 4.59. The number of hydrogen-bond donors (Lipinski definition) is 1. The summed E-state index contributed by atoms with van der Waals surface area (Å²) in [7, 11) is 2.07. The van der Waals surface area contributed by atoms with E-state index < -0.39 is 0 Å². The highest BCUT2D eigenvalue weighted by Gasteiger charge is 2.23. The molecule has 1 fully saturated rings. The van der Waals surface area contributed by atoms with Crippen LogP contribution in [0.2, 0.25) is 0 Å². The van der Waals surface area contributed by atoms with Crippen molar-refractivity contribution in [2.24, 2.45) is 0 Å². The van der Waals surface area contributed by atoms with Gasteiger partial charge in [-0.3, -0.25) is 0 Å². The number of aryl methyl sites for hydroxylation is 1. The maximum atomic E-state index is 5.93. The smallest absolute Gasteiger partial charge is 0.161 e. The minimum atomic E-state index is -0.0743. The van der Waals surface area contributed by atoms with Gasteiger partial charge in [0.15, 0.2) is 5.82 Å². The first-order chi connectivity index (χ1) is 8.61. The molecular formula is C12H19BrN4O. The first kappa shape index (κ1) is 13.7. The number of halogens is 1. The molecule has 0 amide bonds. The molecule has 0 bridgehead atoms. The van der Waals surface area contributed by atoms with Crippen LogP contribution < -0.4 is 5.73 Å². The summed E-state index contributed by atoms with van der Waals surface area (Å²) in [4.78, 5) is 11.2. The second-order valence-electron chi connectivity index (χ2n) is 4.60. The average molecular weight is 315 g/mol. The molecule has 0 radical (unpaired) electrons. The Labute approximate surface area is 116 Å². The first-order valence-electron chi connectivity index (χ1n) is 6.23. The van der Waals surface area contributed by atoms with Gasteiger partial charge >= 0.3 is 0 Å². The molecule has 100 valence electrons. The molecule has 18 heavy (non-hydrogen) atoms. The molecule has 0 aromatic carbocycles. The molecule has 1 aromatic rings. The van der Waals surface area contributed by atoms with E-state index in [0.717, 1.165) is 36.1 Å². The molecule has 6 heteroatoms. The largest absolute Gasteiger partial charge is 0.383 e. The number of ether oxygens (including phenoxy) is 1. The Morgan fingerprint density at radius 1 is 1.50 bits per heavy atom. The molecule has 0 saturated carbocycles. The third-order valence-electron chi connectivity index (χ3n) is 3.01. The number of nitrogens with zero attached hydrogens (tertiary/aromatic N) is 3. The van der Waals surface area contributed by atoms with Crippen molar-refractivity contribution in [2.75, 3.05) is 32.5 Å². The summed E-state index contributed by atoms with van der Waals surface area (Å²) in [6.07, 6.45) is 1.85. The van der Waals surface area contributed by atoms with Gasteiger partial charge in [-0.25, -0.2) is 9.97 Å². The fourth-order valence-corrected chi connectivity index (χ4v) is 2.39. The lowest BCUT2D eigenvalue weighted by Gasteiger charge is -2.29. The van der Waals surface area contributed by atoms with Gasteiger partial charge < -0.3 is 15.4 Å². The summed E-state index contributed by atoms with van der Waals surface area (Å²) in [5.41, 5.74) is 6.90. The second kappa shape index (κ2) is 5.95. The van der Waals surface area contributed by atoms with Crippen LogP contribution in [0.3, 0.4) is 0 Å². The Hall–Kier alpha value is -0.720. The van der Waals surface area contributed by atoms with Crippen LogP contribution in [0.25, 0.3) is 0 Å². The third kappa shape index (κ3) is 2.99. The predicted molar refractivity (Wildman–Crippen MR) is 74.3 cm³/mol. The van der Waals surface area contributed by atoms with E-state index in [1.54, 1.807) is 0 Å². The van der Waals surface area contributed by atoms with Gasteiger partial charge in [-0.15, -0.1) is 0 Å². The minimum Gasteiger partial charge on any atom is -0.383 e. The molecule has 0 spiro atoms. The predicted octanol–water partition coefficient (Wildman–Crippen LogP) is 1.78. The van der Waals surface area contributed by atoms with Gasteiger partial charge in [-0.1, -0.05) is 13.3 Å². The summed E-state index contributed by atoms with van der Waals surface area (Å²) in [5.74, 6) is 1.20. The van der Waals surface area contributed by atoms with Crippen LogP contribution in [0.1, 0.15) is 31.0 Å². The Balaban J connectivity index is 2.27. The van der Waals surface area contributed by atoms with Gasteiger partial charge in [0.1, 0.15) is 11.9 Å². The van der Waals surface area contributed by atoms with Gasteiger partial charge in [-0.2, -0.15) is 0 Å². The quantitative estimate of drug-likeness (QED) is 0.921. The highest BCUT2D eigenvalue weighted by molar-refractivity contribution is 9.10. The number of rotatable bonds is 3. The number of nitrogen functional groups attached to an aromatic ring is 1. The lowest BCUT2D eigenvalue weighted by Crippen LogP contribution is -2.36. The number of aromatic nitrogens is 2. The molecular weight excluding hydrogens is 296 g/mol. The van der Waals surface area contributed by atoms with Crippen LogP contribution in [-0.2, 0) is 11.2 Å². The van der Waals surface area contributed by atoms with E-state index in [-0.39, 0.29) is 6.10 Å². The second-order valence-corrected chi connectivity index (χ2v) is 5.39. The van der Waals surface area contributed by atoms with Crippen molar-refractivity contribution >= 4 is 21.7 Å². The highest BCUT2D eigenvalue weighted by atomic mass is 79.9. The van der Waals surface area contributed by atoms with Crippen molar-refractivity contribution in [1.82, 2.24) is 14.9 Å². The zero-order valence-corrected chi connectivity index (χ0v) is 12.4. The first-order valence-corrected chi connectivity index (χ1v) is 7.03. The molecule has 1 aromatic heterocycles. The molecule has 1 aliphatic heterocycles.